The second kappa shape index (κ2) is 5.44. The quantitative estimate of drug-likeness (QED) is 0.937. The summed E-state index contributed by atoms with van der Waals surface area (Å²) in [4.78, 5) is 25.5. The zero-order valence-electron chi connectivity index (χ0n) is 12.5. The number of carboxylic acid groups (broad SMARTS) is 1. The lowest BCUT2D eigenvalue weighted by Gasteiger charge is -2.37. The minimum atomic E-state index is -0.847. The molecule has 6 heteroatoms. The highest BCUT2D eigenvalue weighted by Gasteiger charge is 2.39. The molecule has 1 unspecified atom stereocenters. The van der Waals surface area contributed by atoms with E-state index < -0.39 is 11.4 Å². The summed E-state index contributed by atoms with van der Waals surface area (Å²) >= 11 is 0. The predicted molar refractivity (Wildman–Crippen MR) is 81.3 cm³/mol. The largest absolute Gasteiger partial charge is 0.481 e. The number of hydrogen-bond acceptors (Lipinski definition) is 3. The van der Waals surface area contributed by atoms with Crippen LogP contribution in [0.2, 0.25) is 0 Å². The number of carbonyl (C=O) groups is 2. The summed E-state index contributed by atoms with van der Waals surface area (Å²) in [7, 11) is 0. The van der Waals surface area contributed by atoms with Crippen LogP contribution in [-0.2, 0) is 16.1 Å². The maximum atomic E-state index is 12.5. The van der Waals surface area contributed by atoms with Crippen LogP contribution in [0.3, 0.4) is 0 Å². The number of amides is 1. The molecule has 1 saturated heterocycles. The third-order valence-electron chi connectivity index (χ3n) is 4.40. The Morgan fingerprint density at radius 2 is 2.14 bits per heavy atom. The smallest absolute Gasteiger partial charge is 0.311 e. The van der Waals surface area contributed by atoms with Gasteiger partial charge in [0.2, 0.25) is 5.91 Å². The molecule has 3 rings (SSSR count). The van der Waals surface area contributed by atoms with E-state index >= 15 is 0 Å². The number of para-hydroxylation sites is 1. The van der Waals surface area contributed by atoms with Gasteiger partial charge in [-0.1, -0.05) is 18.2 Å². The summed E-state index contributed by atoms with van der Waals surface area (Å²) in [5.41, 5.74) is 0.0638. The maximum Gasteiger partial charge on any atom is 0.311 e. The number of rotatable bonds is 3. The molecule has 1 aromatic carbocycles. The number of aliphatic carboxylic acids is 1. The Bertz CT molecular complexity index is 724. The first kappa shape index (κ1) is 14.6. The number of likely N-dealkylation sites (tertiary alicyclic amines) is 1. The van der Waals surface area contributed by atoms with E-state index in [4.69, 9.17) is 0 Å². The topological polar surface area (TPSA) is 75.4 Å². The highest BCUT2D eigenvalue weighted by Crippen LogP contribution is 2.29. The number of fused-ring (bicyclic) bond motifs is 1. The van der Waals surface area contributed by atoms with Crippen LogP contribution >= 0.6 is 0 Å². The second-order valence-electron chi connectivity index (χ2n) is 6.15. The molecule has 1 atom stereocenters. The molecule has 6 nitrogen and oxygen atoms in total. The van der Waals surface area contributed by atoms with E-state index in [9.17, 15) is 14.7 Å². The Morgan fingerprint density at radius 3 is 2.91 bits per heavy atom. The molecular formula is C16H19N3O3. The summed E-state index contributed by atoms with van der Waals surface area (Å²) in [6.07, 6.45) is 3.06. The van der Waals surface area contributed by atoms with Crippen molar-refractivity contribution < 1.29 is 14.7 Å². The minimum absolute atomic E-state index is 0.0824. The first-order valence-corrected chi connectivity index (χ1v) is 7.41. The molecule has 2 aromatic rings. The fourth-order valence-electron chi connectivity index (χ4n) is 3.01. The number of benzene rings is 1. The van der Waals surface area contributed by atoms with E-state index in [0.717, 1.165) is 10.9 Å². The average molecular weight is 301 g/mol. The highest BCUT2D eigenvalue weighted by molar-refractivity contribution is 5.83. The van der Waals surface area contributed by atoms with Crippen molar-refractivity contribution in [2.45, 2.75) is 26.3 Å². The average Bonchev–Trinajstić information content (AvgIpc) is 2.90. The van der Waals surface area contributed by atoms with Gasteiger partial charge in [-0.25, -0.2) is 0 Å². The molecular weight excluding hydrogens is 282 g/mol. The standard InChI is InChI=1S/C16H19N3O3/c1-16(15(21)22)7-4-8-18(11-16)14(20)10-19-13-6-3-2-5-12(13)9-17-19/h2-3,5-6,9H,4,7-8,10-11H2,1H3,(H,21,22). The lowest BCUT2D eigenvalue weighted by atomic mass is 9.82. The van der Waals surface area contributed by atoms with Crippen molar-refractivity contribution in [3.63, 3.8) is 0 Å². The molecule has 0 radical (unpaired) electrons. The van der Waals surface area contributed by atoms with Crippen molar-refractivity contribution in [1.82, 2.24) is 14.7 Å². The molecule has 0 bridgehead atoms. The molecule has 1 aliphatic heterocycles. The van der Waals surface area contributed by atoms with Gasteiger partial charge in [-0.15, -0.1) is 0 Å². The molecule has 1 amide bonds. The van der Waals surface area contributed by atoms with Gasteiger partial charge in [0.25, 0.3) is 0 Å². The van der Waals surface area contributed by atoms with Crippen molar-refractivity contribution in [2.24, 2.45) is 5.41 Å². The van der Waals surface area contributed by atoms with Gasteiger partial charge in [0.05, 0.1) is 17.1 Å². The summed E-state index contributed by atoms with van der Waals surface area (Å²) in [5.74, 6) is -0.921. The Hall–Kier alpha value is -2.37. The number of carbonyl (C=O) groups excluding carboxylic acids is 1. The van der Waals surface area contributed by atoms with Crippen LogP contribution in [0.25, 0.3) is 10.9 Å². The number of piperidine rings is 1. The summed E-state index contributed by atoms with van der Waals surface area (Å²) in [6.45, 7) is 2.72. The molecule has 1 aromatic heterocycles. The molecule has 0 aliphatic carbocycles. The number of nitrogens with zero attached hydrogens (tertiary/aromatic N) is 3. The van der Waals surface area contributed by atoms with Crippen LogP contribution in [0.15, 0.2) is 30.5 Å². The molecule has 0 spiro atoms. The van der Waals surface area contributed by atoms with E-state index in [2.05, 4.69) is 5.10 Å². The number of aromatic nitrogens is 2. The van der Waals surface area contributed by atoms with Crippen LogP contribution in [0.4, 0.5) is 0 Å². The SMILES string of the molecule is CC1(C(=O)O)CCCN(C(=O)Cn2ncc3ccccc32)C1. The lowest BCUT2D eigenvalue weighted by Crippen LogP contribution is -2.49. The molecule has 22 heavy (non-hydrogen) atoms. The van der Waals surface area contributed by atoms with Gasteiger partial charge in [-0.3, -0.25) is 14.3 Å². The van der Waals surface area contributed by atoms with E-state index in [1.165, 1.54) is 0 Å². The van der Waals surface area contributed by atoms with Crippen LogP contribution in [0, 0.1) is 5.41 Å². The van der Waals surface area contributed by atoms with Gasteiger partial charge in [-0.05, 0) is 25.8 Å². The van der Waals surface area contributed by atoms with Gasteiger partial charge in [0.1, 0.15) is 6.54 Å². The Labute approximate surface area is 128 Å². The third-order valence-corrected chi connectivity index (χ3v) is 4.40. The van der Waals surface area contributed by atoms with Gasteiger partial charge < -0.3 is 10.0 Å². The fourth-order valence-corrected chi connectivity index (χ4v) is 3.01. The van der Waals surface area contributed by atoms with Crippen molar-refractivity contribution in [1.29, 1.82) is 0 Å². The molecule has 1 N–H and O–H groups in total. The van der Waals surface area contributed by atoms with Crippen molar-refractivity contribution >= 4 is 22.8 Å². The first-order valence-electron chi connectivity index (χ1n) is 7.41. The summed E-state index contributed by atoms with van der Waals surface area (Å²) in [5, 5.41) is 14.6. The predicted octanol–water partition coefficient (Wildman–Crippen LogP) is 1.75. The number of hydrogen-bond donors (Lipinski definition) is 1. The molecule has 1 aliphatic rings. The second-order valence-corrected chi connectivity index (χ2v) is 6.15. The maximum absolute atomic E-state index is 12.5. The molecule has 2 heterocycles. The third kappa shape index (κ3) is 2.56. The minimum Gasteiger partial charge on any atom is -0.481 e. The van der Waals surface area contributed by atoms with Crippen LogP contribution in [-0.4, -0.2) is 44.8 Å². The van der Waals surface area contributed by atoms with E-state index in [0.29, 0.717) is 19.4 Å². The molecule has 0 saturated carbocycles. The Balaban J connectivity index is 1.76. The van der Waals surface area contributed by atoms with Crippen LogP contribution < -0.4 is 0 Å². The van der Waals surface area contributed by atoms with Crippen LogP contribution in [0.5, 0.6) is 0 Å². The van der Waals surface area contributed by atoms with Crippen molar-refractivity contribution in [3.05, 3.63) is 30.5 Å². The number of carboxylic acids is 1. The van der Waals surface area contributed by atoms with Crippen molar-refractivity contribution in [3.8, 4) is 0 Å². The van der Waals surface area contributed by atoms with Gasteiger partial charge >= 0.3 is 5.97 Å². The first-order chi connectivity index (χ1) is 10.5. The highest BCUT2D eigenvalue weighted by atomic mass is 16.4. The van der Waals surface area contributed by atoms with Gasteiger partial charge in [0.15, 0.2) is 0 Å². The Kier molecular flexibility index (Phi) is 3.60. The Morgan fingerprint density at radius 1 is 1.36 bits per heavy atom. The molecule has 116 valence electrons. The van der Waals surface area contributed by atoms with Crippen LogP contribution in [0.1, 0.15) is 19.8 Å². The normalized spacial score (nSPS) is 22.0. The monoisotopic (exact) mass is 301 g/mol. The summed E-state index contributed by atoms with van der Waals surface area (Å²) < 4.78 is 1.67. The fraction of sp³-hybridized carbons (Fsp3) is 0.438. The zero-order valence-corrected chi connectivity index (χ0v) is 12.5. The van der Waals surface area contributed by atoms with E-state index in [-0.39, 0.29) is 19.0 Å². The van der Waals surface area contributed by atoms with Gasteiger partial charge in [-0.2, -0.15) is 5.10 Å². The molecule has 1 fully saturated rings. The van der Waals surface area contributed by atoms with Gasteiger partial charge in [0, 0.05) is 18.5 Å². The summed E-state index contributed by atoms with van der Waals surface area (Å²) in [6, 6.07) is 7.71. The zero-order chi connectivity index (χ0) is 15.7. The lowest BCUT2D eigenvalue weighted by molar-refractivity contribution is -0.153. The van der Waals surface area contributed by atoms with E-state index in [1.807, 2.05) is 24.3 Å². The van der Waals surface area contributed by atoms with Crippen molar-refractivity contribution in [2.75, 3.05) is 13.1 Å². The van der Waals surface area contributed by atoms with E-state index in [1.54, 1.807) is 22.7 Å².